The number of aryl methyl sites for hydroxylation is 1. The number of anilines is 3. The van der Waals surface area contributed by atoms with E-state index in [9.17, 15) is 4.79 Å². The zero-order valence-corrected chi connectivity index (χ0v) is 16.7. The Morgan fingerprint density at radius 3 is 2.52 bits per heavy atom. The zero-order chi connectivity index (χ0) is 20.2. The molecule has 1 aliphatic heterocycles. The molecule has 0 unspecified atom stereocenters. The van der Waals surface area contributed by atoms with Crippen LogP contribution in [-0.4, -0.2) is 37.5 Å². The number of hydrogen-bond acceptors (Lipinski definition) is 5. The number of benzene rings is 2. The van der Waals surface area contributed by atoms with Crippen molar-refractivity contribution >= 4 is 34.7 Å². The maximum atomic E-state index is 12.5. The van der Waals surface area contributed by atoms with Gasteiger partial charge in [0.2, 0.25) is 0 Å². The third kappa shape index (κ3) is 4.36. The summed E-state index contributed by atoms with van der Waals surface area (Å²) in [6, 6.07) is 14.6. The summed E-state index contributed by atoms with van der Waals surface area (Å²) < 4.78 is 10.7. The van der Waals surface area contributed by atoms with Crippen molar-refractivity contribution in [1.29, 1.82) is 0 Å². The summed E-state index contributed by atoms with van der Waals surface area (Å²) in [5.74, 6) is 0.498. The van der Waals surface area contributed by atoms with Gasteiger partial charge in [-0.25, -0.2) is 4.79 Å². The molecule has 1 fully saturated rings. The molecule has 0 saturated carbocycles. The largest absolute Gasteiger partial charge is 0.378 e. The van der Waals surface area contributed by atoms with Crippen molar-refractivity contribution in [3.05, 3.63) is 59.3 Å². The van der Waals surface area contributed by atoms with E-state index in [0.29, 0.717) is 33.4 Å². The van der Waals surface area contributed by atoms with Crippen molar-refractivity contribution in [3.8, 4) is 11.3 Å². The maximum absolute atomic E-state index is 12.5. The van der Waals surface area contributed by atoms with E-state index in [1.54, 1.807) is 13.0 Å². The predicted molar refractivity (Wildman–Crippen MR) is 114 cm³/mol. The number of nitrogens with zero attached hydrogens (tertiary/aromatic N) is 2. The number of urea groups is 1. The first kappa shape index (κ1) is 19.3. The molecule has 2 N–H and O–H groups in total. The van der Waals surface area contributed by atoms with Gasteiger partial charge in [0.05, 0.1) is 18.2 Å². The molecule has 4 rings (SSSR count). The Balaban J connectivity index is 1.45. The van der Waals surface area contributed by atoms with Gasteiger partial charge in [-0.2, -0.15) is 0 Å². The van der Waals surface area contributed by atoms with Crippen molar-refractivity contribution in [2.45, 2.75) is 6.92 Å². The smallest absolute Gasteiger partial charge is 0.323 e. The highest BCUT2D eigenvalue weighted by Gasteiger charge is 2.19. The average molecular weight is 413 g/mol. The van der Waals surface area contributed by atoms with Gasteiger partial charge in [0.1, 0.15) is 11.4 Å². The number of aromatic nitrogens is 1. The molecule has 2 amide bonds. The molecule has 0 bridgehead atoms. The number of nitrogens with one attached hydrogen (secondary N) is 2. The highest BCUT2D eigenvalue weighted by atomic mass is 35.5. The van der Waals surface area contributed by atoms with Crippen molar-refractivity contribution in [2.75, 3.05) is 41.8 Å². The standard InChI is InChI=1S/C21H21ClN4O3/c1-14-19(20(25-29-14)17-4-2-3-5-18(17)22)24-21(27)23-15-6-8-16(9-7-15)26-10-12-28-13-11-26/h2-9H,10-13H2,1H3,(H2,23,24,27). The van der Waals surface area contributed by atoms with Crippen molar-refractivity contribution < 1.29 is 14.1 Å². The highest BCUT2D eigenvalue weighted by Crippen LogP contribution is 2.34. The van der Waals surface area contributed by atoms with Gasteiger partial charge in [-0.1, -0.05) is 35.0 Å². The van der Waals surface area contributed by atoms with Crippen molar-refractivity contribution in [3.63, 3.8) is 0 Å². The Morgan fingerprint density at radius 2 is 1.79 bits per heavy atom. The molecule has 0 atom stereocenters. The summed E-state index contributed by atoms with van der Waals surface area (Å²) in [6.45, 7) is 4.93. The number of carbonyl (C=O) groups excluding carboxylic acids is 1. The van der Waals surface area contributed by atoms with Gasteiger partial charge in [-0.15, -0.1) is 0 Å². The molecule has 1 aliphatic rings. The van der Waals surface area contributed by atoms with Crippen LogP contribution < -0.4 is 15.5 Å². The van der Waals surface area contributed by atoms with Crippen LogP contribution in [0.5, 0.6) is 0 Å². The van der Waals surface area contributed by atoms with E-state index in [4.69, 9.17) is 20.9 Å². The number of morpholine rings is 1. The predicted octanol–water partition coefficient (Wildman–Crippen LogP) is 4.78. The summed E-state index contributed by atoms with van der Waals surface area (Å²) in [5, 5.41) is 10.2. The molecular weight excluding hydrogens is 392 g/mol. The van der Waals surface area contributed by atoms with E-state index in [0.717, 1.165) is 32.0 Å². The number of halogens is 1. The van der Waals surface area contributed by atoms with Crippen LogP contribution in [0.15, 0.2) is 53.1 Å². The van der Waals surface area contributed by atoms with Crippen LogP contribution in [0.3, 0.4) is 0 Å². The molecule has 0 spiro atoms. The fourth-order valence-electron chi connectivity index (χ4n) is 3.21. The van der Waals surface area contributed by atoms with E-state index in [-0.39, 0.29) is 6.03 Å². The number of hydrogen-bond donors (Lipinski definition) is 2. The number of ether oxygens (including phenoxy) is 1. The van der Waals surface area contributed by atoms with Gasteiger partial charge >= 0.3 is 6.03 Å². The molecular formula is C21H21ClN4O3. The van der Waals surface area contributed by atoms with Crippen LogP contribution in [0.4, 0.5) is 21.9 Å². The summed E-state index contributed by atoms with van der Waals surface area (Å²) in [7, 11) is 0. The molecule has 0 radical (unpaired) electrons. The van der Waals surface area contributed by atoms with E-state index in [1.807, 2.05) is 42.5 Å². The first-order chi connectivity index (χ1) is 14.1. The Hall–Kier alpha value is -3.03. The van der Waals surface area contributed by atoms with Gasteiger partial charge in [-0.3, -0.25) is 0 Å². The molecule has 7 nitrogen and oxygen atoms in total. The molecule has 2 heterocycles. The lowest BCUT2D eigenvalue weighted by Gasteiger charge is -2.28. The second kappa shape index (κ2) is 8.55. The van der Waals surface area contributed by atoms with E-state index in [2.05, 4.69) is 20.7 Å². The molecule has 3 aromatic rings. The SMILES string of the molecule is Cc1onc(-c2ccccc2Cl)c1NC(=O)Nc1ccc(N2CCOCC2)cc1. The molecule has 2 aromatic carbocycles. The molecule has 0 aliphatic carbocycles. The van der Waals surface area contributed by atoms with Crippen LogP contribution in [0, 0.1) is 6.92 Å². The summed E-state index contributed by atoms with van der Waals surface area (Å²) in [6.07, 6.45) is 0. The van der Waals surface area contributed by atoms with Crippen LogP contribution in [0.1, 0.15) is 5.76 Å². The maximum Gasteiger partial charge on any atom is 0.323 e. The number of carbonyl (C=O) groups is 1. The van der Waals surface area contributed by atoms with Crippen LogP contribution in [-0.2, 0) is 4.74 Å². The molecule has 150 valence electrons. The molecule has 29 heavy (non-hydrogen) atoms. The van der Waals surface area contributed by atoms with Crippen molar-refractivity contribution in [1.82, 2.24) is 5.16 Å². The second-order valence-electron chi connectivity index (χ2n) is 6.67. The van der Waals surface area contributed by atoms with Gasteiger partial charge < -0.3 is 24.8 Å². The summed E-state index contributed by atoms with van der Waals surface area (Å²) in [5.41, 5.74) is 3.46. The van der Waals surface area contributed by atoms with Gasteiger partial charge in [0.15, 0.2) is 5.76 Å². The lowest BCUT2D eigenvalue weighted by atomic mass is 10.1. The topological polar surface area (TPSA) is 79.6 Å². The fraction of sp³-hybridized carbons (Fsp3) is 0.238. The molecule has 8 heteroatoms. The lowest BCUT2D eigenvalue weighted by Crippen LogP contribution is -2.36. The highest BCUT2D eigenvalue weighted by molar-refractivity contribution is 6.33. The minimum atomic E-state index is -0.385. The minimum absolute atomic E-state index is 0.385. The first-order valence-electron chi connectivity index (χ1n) is 9.34. The Bertz CT molecular complexity index is 997. The average Bonchev–Trinajstić information content (AvgIpc) is 3.09. The normalized spacial score (nSPS) is 13.9. The quantitative estimate of drug-likeness (QED) is 0.644. The van der Waals surface area contributed by atoms with Crippen molar-refractivity contribution in [2.24, 2.45) is 0 Å². The Labute approximate surface area is 173 Å². The lowest BCUT2D eigenvalue weighted by molar-refractivity contribution is 0.122. The zero-order valence-electron chi connectivity index (χ0n) is 15.9. The Morgan fingerprint density at radius 1 is 1.07 bits per heavy atom. The summed E-state index contributed by atoms with van der Waals surface area (Å²) in [4.78, 5) is 14.8. The van der Waals surface area contributed by atoms with Gasteiger partial charge in [0, 0.05) is 30.0 Å². The van der Waals surface area contributed by atoms with Crippen LogP contribution in [0.2, 0.25) is 5.02 Å². The third-order valence-corrected chi connectivity index (χ3v) is 5.06. The molecule has 1 aromatic heterocycles. The van der Waals surface area contributed by atoms with Crippen LogP contribution in [0.25, 0.3) is 11.3 Å². The van der Waals surface area contributed by atoms with Gasteiger partial charge in [-0.05, 0) is 37.3 Å². The van der Waals surface area contributed by atoms with E-state index in [1.165, 1.54) is 0 Å². The van der Waals surface area contributed by atoms with Crippen LogP contribution >= 0.6 is 11.6 Å². The minimum Gasteiger partial charge on any atom is -0.378 e. The fourth-order valence-corrected chi connectivity index (χ4v) is 3.43. The van der Waals surface area contributed by atoms with Gasteiger partial charge in [0.25, 0.3) is 0 Å². The molecule has 1 saturated heterocycles. The van der Waals surface area contributed by atoms with E-state index >= 15 is 0 Å². The number of amides is 2. The third-order valence-electron chi connectivity index (χ3n) is 4.73. The van der Waals surface area contributed by atoms with E-state index < -0.39 is 0 Å². The second-order valence-corrected chi connectivity index (χ2v) is 7.07. The summed E-state index contributed by atoms with van der Waals surface area (Å²) >= 11 is 6.26. The Kier molecular flexibility index (Phi) is 5.69. The monoisotopic (exact) mass is 412 g/mol. The first-order valence-corrected chi connectivity index (χ1v) is 9.71. The number of rotatable bonds is 4.